The molecule has 202 valence electrons. The zero-order valence-corrected chi connectivity index (χ0v) is 21.8. The van der Waals surface area contributed by atoms with E-state index in [1.807, 2.05) is 44.2 Å². The summed E-state index contributed by atoms with van der Waals surface area (Å²) in [4.78, 5) is 4.74. The third-order valence-corrected chi connectivity index (χ3v) is 6.76. The van der Waals surface area contributed by atoms with E-state index in [-0.39, 0.29) is 35.8 Å². The van der Waals surface area contributed by atoms with E-state index in [9.17, 15) is 4.39 Å². The van der Waals surface area contributed by atoms with E-state index in [2.05, 4.69) is 5.32 Å². The molecule has 0 saturated carbocycles. The number of amidine groups is 1. The topological polar surface area (TPSA) is 130 Å². The molecule has 0 spiro atoms. The summed E-state index contributed by atoms with van der Waals surface area (Å²) in [5, 5.41) is 8.46. The zero-order chi connectivity index (χ0) is 27.8. The lowest BCUT2D eigenvalue weighted by Crippen LogP contribution is -2.53. The molecule has 1 aromatic heterocycles. The summed E-state index contributed by atoms with van der Waals surface area (Å²) < 4.78 is 37.6. The Morgan fingerprint density at radius 3 is 2.33 bits per heavy atom. The Kier molecular flexibility index (Phi) is 6.73. The number of hydrogen-bond donors (Lipinski definition) is 4. The largest absolute Gasteiger partial charge is 0.393 e. The minimum Gasteiger partial charge on any atom is -0.393 e. The van der Waals surface area contributed by atoms with Gasteiger partial charge in [0.25, 0.3) is 0 Å². The van der Waals surface area contributed by atoms with Crippen LogP contribution in [-0.4, -0.2) is 21.2 Å². The highest BCUT2D eigenvalue weighted by molar-refractivity contribution is 5.98. The molecule has 4 aromatic rings. The second kappa shape index (κ2) is 10.0. The van der Waals surface area contributed by atoms with Crippen molar-refractivity contribution in [3.05, 3.63) is 113 Å². The second-order valence-corrected chi connectivity index (χ2v) is 10.3. The van der Waals surface area contributed by atoms with Crippen LogP contribution in [-0.2, 0) is 23.6 Å². The van der Waals surface area contributed by atoms with Crippen molar-refractivity contribution in [2.24, 2.45) is 22.2 Å². The first-order chi connectivity index (χ1) is 18.6. The lowest BCUT2D eigenvalue weighted by Gasteiger charge is -2.40. The van der Waals surface area contributed by atoms with Crippen LogP contribution in [0.25, 0.3) is 10.9 Å². The van der Waals surface area contributed by atoms with Crippen LogP contribution < -0.4 is 22.5 Å². The lowest BCUT2D eigenvalue weighted by molar-refractivity contribution is -0.0525. The fourth-order valence-corrected chi connectivity index (χ4v) is 4.92. The van der Waals surface area contributed by atoms with Crippen molar-refractivity contribution >= 4 is 16.7 Å². The van der Waals surface area contributed by atoms with Crippen LogP contribution in [0.3, 0.4) is 0 Å². The number of nitrogens with one attached hydrogen (secondary N) is 1. The summed E-state index contributed by atoms with van der Waals surface area (Å²) in [6.45, 7) is 4.19. The van der Waals surface area contributed by atoms with E-state index in [0.717, 1.165) is 5.56 Å². The Labute approximate surface area is 225 Å². The van der Waals surface area contributed by atoms with Gasteiger partial charge in [-0.25, -0.2) is 13.8 Å². The Morgan fingerprint density at radius 1 is 0.923 bits per heavy atom. The van der Waals surface area contributed by atoms with Crippen molar-refractivity contribution < 1.29 is 13.5 Å². The van der Waals surface area contributed by atoms with Crippen LogP contribution >= 0.6 is 0 Å². The predicted octanol–water partition coefficient (Wildman–Crippen LogP) is 3.95. The molecule has 1 unspecified atom stereocenters. The first kappa shape index (κ1) is 26.2. The molecule has 1 aliphatic heterocycles. The van der Waals surface area contributed by atoms with Crippen molar-refractivity contribution in [2.75, 3.05) is 0 Å². The number of para-hydroxylation sites is 1. The highest BCUT2D eigenvalue weighted by Crippen LogP contribution is 2.40. The molecule has 1 atom stereocenters. The molecule has 3 aromatic carbocycles. The number of hydrogen-bond acceptors (Lipinski definition) is 7. The van der Waals surface area contributed by atoms with Gasteiger partial charge in [-0.3, -0.25) is 4.68 Å². The molecular weight excluding hydrogens is 500 g/mol. The van der Waals surface area contributed by atoms with Crippen molar-refractivity contribution in [3.63, 3.8) is 0 Å². The van der Waals surface area contributed by atoms with Crippen LogP contribution in [0.2, 0.25) is 0 Å². The van der Waals surface area contributed by atoms with E-state index in [1.54, 1.807) is 30.3 Å². The van der Waals surface area contributed by atoms with E-state index >= 15 is 4.39 Å². The maximum absolute atomic E-state index is 15.3. The summed E-state index contributed by atoms with van der Waals surface area (Å²) >= 11 is 0. The predicted molar refractivity (Wildman–Crippen MR) is 147 cm³/mol. The number of nitrogens with zero attached hydrogens (tertiary/aromatic N) is 3. The molecule has 8 nitrogen and oxygen atoms in total. The van der Waals surface area contributed by atoms with Gasteiger partial charge in [0, 0.05) is 17.4 Å². The Bertz CT molecular complexity index is 1580. The average Bonchev–Trinajstić information content (AvgIpc) is 3.28. The second-order valence-electron chi connectivity index (χ2n) is 10.3. The van der Waals surface area contributed by atoms with E-state index in [0.29, 0.717) is 23.3 Å². The molecule has 0 bridgehead atoms. The standard InChI is InChI=1S/C29H31F2N7O/c1-28(2,39-16-18-9-4-3-5-10-18)17-29(35-26(33)23(32)27(34)36-29)25-20-12-8-14-22(31)24(20)38(37-25)15-19-11-6-7-13-21(19)30/h3-14,35H,15-17,32-33H2,1-2H3,(H2,34,36). The monoisotopic (exact) mass is 531 g/mol. The Balaban J connectivity index is 1.62. The van der Waals surface area contributed by atoms with Gasteiger partial charge in [0.15, 0.2) is 5.66 Å². The molecule has 0 amide bonds. The Morgan fingerprint density at radius 2 is 1.62 bits per heavy atom. The number of benzene rings is 3. The van der Waals surface area contributed by atoms with Crippen molar-refractivity contribution in [1.82, 2.24) is 15.1 Å². The average molecular weight is 532 g/mol. The molecule has 0 fully saturated rings. The molecule has 0 aliphatic carbocycles. The number of nitrogens with two attached hydrogens (primary N) is 3. The van der Waals surface area contributed by atoms with Gasteiger partial charge in [-0.15, -0.1) is 0 Å². The number of aromatic nitrogens is 2. The van der Waals surface area contributed by atoms with Crippen LogP contribution in [0.5, 0.6) is 0 Å². The SMILES string of the molecule is CC(C)(CC1(c2nn(Cc3ccccc3F)c3c(F)cccc23)N=C(N)C(N)=C(N)N1)OCc1ccccc1. The number of ether oxygens (including phenoxy) is 1. The van der Waals surface area contributed by atoms with Crippen LogP contribution in [0.15, 0.2) is 89.3 Å². The van der Waals surface area contributed by atoms with Gasteiger partial charge >= 0.3 is 0 Å². The van der Waals surface area contributed by atoms with Gasteiger partial charge in [-0.05, 0) is 31.5 Å². The summed E-state index contributed by atoms with van der Waals surface area (Å²) in [7, 11) is 0. The van der Waals surface area contributed by atoms with Gasteiger partial charge in [0.1, 0.15) is 40.2 Å². The minimum absolute atomic E-state index is 0.000738. The van der Waals surface area contributed by atoms with Gasteiger partial charge < -0.3 is 27.3 Å². The maximum atomic E-state index is 15.3. The normalized spacial score (nSPS) is 17.8. The molecule has 0 saturated heterocycles. The summed E-state index contributed by atoms with van der Waals surface area (Å²) in [6.07, 6.45) is 0.212. The van der Waals surface area contributed by atoms with Gasteiger partial charge in [0.2, 0.25) is 0 Å². The van der Waals surface area contributed by atoms with Crippen LogP contribution in [0.4, 0.5) is 8.78 Å². The van der Waals surface area contributed by atoms with E-state index in [1.165, 1.54) is 16.8 Å². The number of aliphatic imine (C=N–C) groups is 1. The third-order valence-electron chi connectivity index (χ3n) is 6.76. The molecule has 39 heavy (non-hydrogen) atoms. The molecular formula is C29H31F2N7O. The van der Waals surface area contributed by atoms with Crippen molar-refractivity contribution in [2.45, 2.75) is 44.7 Å². The van der Waals surface area contributed by atoms with Crippen molar-refractivity contribution in [3.8, 4) is 0 Å². The van der Waals surface area contributed by atoms with Gasteiger partial charge in [0.05, 0.1) is 18.8 Å². The number of halogens is 2. The maximum Gasteiger partial charge on any atom is 0.181 e. The Hall–Kier alpha value is -4.44. The van der Waals surface area contributed by atoms with Crippen LogP contribution in [0, 0.1) is 11.6 Å². The molecule has 10 heteroatoms. The summed E-state index contributed by atoms with van der Waals surface area (Å²) in [5.74, 6) is -0.775. The molecule has 1 aliphatic rings. The minimum atomic E-state index is -1.36. The lowest BCUT2D eigenvalue weighted by atomic mass is 9.88. The fourth-order valence-electron chi connectivity index (χ4n) is 4.92. The zero-order valence-electron chi connectivity index (χ0n) is 21.8. The third kappa shape index (κ3) is 5.15. The summed E-state index contributed by atoms with van der Waals surface area (Å²) in [5.41, 5.74) is 18.5. The van der Waals surface area contributed by atoms with E-state index < -0.39 is 22.9 Å². The number of fused-ring (bicyclic) bond motifs is 1. The highest BCUT2D eigenvalue weighted by atomic mass is 19.1. The first-order valence-electron chi connectivity index (χ1n) is 12.5. The molecule has 5 rings (SSSR count). The van der Waals surface area contributed by atoms with E-state index in [4.69, 9.17) is 32.0 Å². The van der Waals surface area contributed by atoms with Gasteiger partial charge in [-0.2, -0.15) is 5.10 Å². The van der Waals surface area contributed by atoms with Gasteiger partial charge in [-0.1, -0.05) is 60.7 Å². The molecule has 7 N–H and O–H groups in total. The van der Waals surface area contributed by atoms with Crippen molar-refractivity contribution in [1.29, 1.82) is 0 Å². The highest BCUT2D eigenvalue weighted by Gasteiger charge is 2.45. The smallest absolute Gasteiger partial charge is 0.181 e. The van der Waals surface area contributed by atoms with Crippen LogP contribution in [0.1, 0.15) is 37.1 Å². The first-order valence-corrected chi connectivity index (χ1v) is 12.5. The quantitative estimate of drug-likeness (QED) is 0.273. The number of rotatable bonds is 8. The molecule has 0 radical (unpaired) electrons. The summed E-state index contributed by atoms with van der Waals surface area (Å²) in [6, 6.07) is 20.7. The molecule has 2 heterocycles. The fraction of sp³-hybridized carbons (Fsp3) is 0.241.